The average molecular weight is 337 g/mol. The van der Waals surface area contributed by atoms with E-state index in [2.05, 4.69) is 0 Å². The lowest BCUT2D eigenvalue weighted by Gasteiger charge is -2.15. The van der Waals surface area contributed by atoms with E-state index in [1.807, 2.05) is 4.98 Å². The number of ether oxygens (including phenoxy) is 1. The maximum absolute atomic E-state index is 14.1. The van der Waals surface area contributed by atoms with Crippen molar-refractivity contribution in [3.63, 3.8) is 0 Å². The van der Waals surface area contributed by atoms with Crippen molar-refractivity contribution in [2.75, 3.05) is 12.8 Å². The van der Waals surface area contributed by atoms with Crippen LogP contribution in [0.1, 0.15) is 0 Å². The number of nitrogens with one attached hydrogen (secondary N) is 1. The highest BCUT2D eigenvalue weighted by Crippen LogP contribution is 2.31. The van der Waals surface area contributed by atoms with Crippen LogP contribution in [0, 0.1) is 17.5 Å². The van der Waals surface area contributed by atoms with Crippen LogP contribution in [-0.2, 0) is 0 Å². The van der Waals surface area contributed by atoms with Gasteiger partial charge < -0.3 is 10.5 Å². The van der Waals surface area contributed by atoms with Crippen molar-refractivity contribution in [2.24, 2.45) is 0 Å². The zero-order valence-corrected chi connectivity index (χ0v) is 12.2. The first-order valence-corrected chi connectivity index (χ1v) is 6.61. The number of rotatable bonds is 2. The number of nitrogens with zero attached hydrogens (tertiary/aromatic N) is 1. The lowest BCUT2D eigenvalue weighted by Crippen LogP contribution is -2.30. The van der Waals surface area contributed by atoms with E-state index in [0.717, 1.165) is 22.8 Å². The van der Waals surface area contributed by atoms with E-state index >= 15 is 0 Å². The summed E-state index contributed by atoms with van der Waals surface area (Å²) < 4.78 is 46.9. The van der Waals surface area contributed by atoms with Crippen molar-refractivity contribution in [3.8, 4) is 11.4 Å². The molecule has 0 atom stereocenters. The van der Waals surface area contributed by atoms with Gasteiger partial charge in [-0.1, -0.05) is 0 Å². The third-order valence-electron chi connectivity index (χ3n) is 3.50. The van der Waals surface area contributed by atoms with Gasteiger partial charge in [-0.05, 0) is 12.1 Å². The Hall–Kier alpha value is -3.23. The highest BCUT2D eigenvalue weighted by molar-refractivity contribution is 5.95. The molecule has 0 bridgehead atoms. The Morgan fingerprint density at radius 3 is 2.46 bits per heavy atom. The van der Waals surface area contributed by atoms with Crippen LogP contribution in [-0.4, -0.2) is 16.7 Å². The zero-order chi connectivity index (χ0) is 17.6. The van der Waals surface area contributed by atoms with Gasteiger partial charge >= 0.3 is 5.69 Å². The molecule has 0 aliphatic rings. The first-order valence-electron chi connectivity index (χ1n) is 6.61. The largest absolute Gasteiger partial charge is 0.494 e. The van der Waals surface area contributed by atoms with Gasteiger partial charge in [0.1, 0.15) is 22.9 Å². The summed E-state index contributed by atoms with van der Waals surface area (Å²) in [4.78, 5) is 26.2. The number of benzene rings is 2. The molecule has 1 heterocycles. The Labute approximate surface area is 131 Å². The SMILES string of the molecule is COc1cc(F)c(N)c2c(=O)[nH]c(=O)n(-c3ccc(F)cc3F)c12. The minimum Gasteiger partial charge on any atom is -0.494 e. The zero-order valence-electron chi connectivity index (χ0n) is 12.2. The molecule has 3 aromatic rings. The molecule has 0 spiro atoms. The van der Waals surface area contributed by atoms with Crippen molar-refractivity contribution in [3.05, 3.63) is 62.6 Å². The summed E-state index contributed by atoms with van der Waals surface area (Å²) in [5.74, 6) is -3.05. The highest BCUT2D eigenvalue weighted by atomic mass is 19.1. The van der Waals surface area contributed by atoms with E-state index in [0.29, 0.717) is 6.07 Å². The molecule has 0 fully saturated rings. The molecular formula is C15H10F3N3O3. The molecule has 24 heavy (non-hydrogen) atoms. The fourth-order valence-corrected chi connectivity index (χ4v) is 2.45. The van der Waals surface area contributed by atoms with Crippen LogP contribution in [0.3, 0.4) is 0 Å². The van der Waals surface area contributed by atoms with Gasteiger partial charge in [0.15, 0.2) is 5.82 Å². The summed E-state index contributed by atoms with van der Waals surface area (Å²) in [6, 6.07) is 3.37. The van der Waals surface area contributed by atoms with E-state index in [1.54, 1.807) is 0 Å². The van der Waals surface area contributed by atoms with Crippen LogP contribution in [0.15, 0.2) is 33.9 Å². The molecule has 1 aromatic heterocycles. The molecule has 0 aliphatic carbocycles. The summed E-state index contributed by atoms with van der Waals surface area (Å²) >= 11 is 0. The lowest BCUT2D eigenvalue weighted by molar-refractivity contribution is 0.414. The Morgan fingerprint density at radius 2 is 1.83 bits per heavy atom. The van der Waals surface area contributed by atoms with Gasteiger partial charge in [-0.25, -0.2) is 18.0 Å². The number of aromatic nitrogens is 2. The van der Waals surface area contributed by atoms with Crippen molar-refractivity contribution in [1.29, 1.82) is 0 Å². The Kier molecular flexibility index (Phi) is 3.55. The second-order valence-corrected chi connectivity index (χ2v) is 4.89. The molecule has 0 unspecified atom stereocenters. The summed E-state index contributed by atoms with van der Waals surface area (Å²) in [5, 5.41) is -0.379. The van der Waals surface area contributed by atoms with E-state index in [4.69, 9.17) is 10.5 Å². The predicted octanol–water partition coefficient (Wildman–Crippen LogP) is 1.69. The minimum absolute atomic E-state index is 0.205. The van der Waals surface area contributed by atoms with E-state index in [1.165, 1.54) is 7.11 Å². The number of hydrogen-bond donors (Lipinski definition) is 2. The van der Waals surface area contributed by atoms with Gasteiger partial charge in [-0.3, -0.25) is 14.3 Å². The van der Waals surface area contributed by atoms with E-state index < -0.39 is 34.4 Å². The quantitative estimate of drug-likeness (QED) is 0.696. The van der Waals surface area contributed by atoms with Gasteiger partial charge in [0.05, 0.1) is 23.9 Å². The fourth-order valence-electron chi connectivity index (χ4n) is 2.45. The molecule has 2 aromatic carbocycles. The average Bonchev–Trinajstić information content (AvgIpc) is 2.51. The van der Waals surface area contributed by atoms with Crippen molar-refractivity contribution >= 4 is 16.6 Å². The number of halogens is 3. The molecule has 3 N–H and O–H groups in total. The second-order valence-electron chi connectivity index (χ2n) is 4.89. The normalized spacial score (nSPS) is 11.0. The highest BCUT2D eigenvalue weighted by Gasteiger charge is 2.21. The Bertz CT molecular complexity index is 1090. The van der Waals surface area contributed by atoms with E-state index in [9.17, 15) is 22.8 Å². The molecule has 3 rings (SSSR count). The van der Waals surface area contributed by atoms with Crippen LogP contribution in [0.4, 0.5) is 18.9 Å². The minimum atomic E-state index is -1.06. The molecule has 0 radical (unpaired) electrons. The number of anilines is 1. The monoisotopic (exact) mass is 337 g/mol. The number of H-pyrrole nitrogens is 1. The number of fused-ring (bicyclic) bond motifs is 1. The first-order chi connectivity index (χ1) is 11.3. The second kappa shape index (κ2) is 5.44. The third kappa shape index (κ3) is 2.21. The van der Waals surface area contributed by atoms with Gasteiger partial charge in [-0.2, -0.15) is 0 Å². The van der Waals surface area contributed by atoms with Gasteiger partial charge in [0, 0.05) is 12.1 Å². The summed E-state index contributed by atoms with van der Waals surface area (Å²) in [5.41, 5.74) is 2.51. The molecule has 0 saturated heterocycles. The molecule has 0 aliphatic heterocycles. The number of aromatic amines is 1. The molecular weight excluding hydrogens is 327 g/mol. The van der Waals surface area contributed by atoms with Crippen LogP contribution >= 0.6 is 0 Å². The summed E-state index contributed by atoms with van der Waals surface area (Å²) in [6.07, 6.45) is 0. The van der Waals surface area contributed by atoms with Crippen LogP contribution < -0.4 is 21.7 Å². The standard InChI is InChI=1S/C15H10F3N3O3/c1-24-10-5-8(18)12(19)11-13(10)21(15(23)20-14(11)22)9-3-2-6(16)4-7(9)17/h2-5H,19H2,1H3,(H,20,22,23). The van der Waals surface area contributed by atoms with Crippen molar-refractivity contribution < 1.29 is 17.9 Å². The Balaban J connectivity index is 2.60. The fraction of sp³-hybridized carbons (Fsp3) is 0.0667. The molecule has 124 valence electrons. The molecule has 9 heteroatoms. The number of nitrogens with two attached hydrogens (primary N) is 1. The number of methoxy groups -OCH3 is 1. The first kappa shape index (κ1) is 15.7. The topological polar surface area (TPSA) is 90.1 Å². The van der Waals surface area contributed by atoms with Gasteiger partial charge in [0.2, 0.25) is 0 Å². The third-order valence-corrected chi connectivity index (χ3v) is 3.50. The molecule has 0 saturated carbocycles. The molecule has 0 amide bonds. The predicted molar refractivity (Wildman–Crippen MR) is 81.0 cm³/mol. The van der Waals surface area contributed by atoms with Crippen LogP contribution in [0.2, 0.25) is 0 Å². The van der Waals surface area contributed by atoms with Gasteiger partial charge in [0.25, 0.3) is 5.56 Å². The summed E-state index contributed by atoms with van der Waals surface area (Å²) in [7, 11) is 1.18. The number of nitrogen functional groups attached to an aromatic ring is 1. The lowest BCUT2D eigenvalue weighted by atomic mass is 10.1. The van der Waals surface area contributed by atoms with Crippen molar-refractivity contribution in [1.82, 2.24) is 9.55 Å². The maximum atomic E-state index is 14.1. The van der Waals surface area contributed by atoms with Gasteiger partial charge in [-0.15, -0.1) is 0 Å². The number of hydrogen-bond acceptors (Lipinski definition) is 4. The smallest absolute Gasteiger partial charge is 0.333 e. The van der Waals surface area contributed by atoms with Crippen LogP contribution in [0.5, 0.6) is 5.75 Å². The Morgan fingerprint density at radius 1 is 1.12 bits per heavy atom. The summed E-state index contributed by atoms with van der Waals surface area (Å²) in [6.45, 7) is 0. The van der Waals surface area contributed by atoms with E-state index in [-0.39, 0.29) is 22.3 Å². The maximum Gasteiger partial charge on any atom is 0.333 e. The van der Waals surface area contributed by atoms with Crippen LogP contribution in [0.25, 0.3) is 16.6 Å². The van der Waals surface area contributed by atoms with Crippen molar-refractivity contribution in [2.45, 2.75) is 0 Å². The molecule has 6 nitrogen and oxygen atoms in total.